The van der Waals surface area contributed by atoms with E-state index in [4.69, 9.17) is 0 Å². The Balaban J connectivity index is 2.05. The van der Waals surface area contributed by atoms with Gasteiger partial charge in [-0.25, -0.2) is 0 Å². The van der Waals surface area contributed by atoms with E-state index < -0.39 is 10.2 Å². The molecule has 1 fully saturated rings. The summed E-state index contributed by atoms with van der Waals surface area (Å²) in [6.07, 6.45) is 3.89. The molecule has 0 spiro atoms. The summed E-state index contributed by atoms with van der Waals surface area (Å²) in [4.78, 5) is 0. The first-order chi connectivity index (χ1) is 9.12. The molecule has 0 aliphatic carbocycles. The van der Waals surface area contributed by atoms with Crippen molar-refractivity contribution < 1.29 is 8.42 Å². The lowest BCUT2D eigenvalue weighted by atomic mass is 10.1. The van der Waals surface area contributed by atoms with Gasteiger partial charge in [-0.05, 0) is 43.4 Å². The summed E-state index contributed by atoms with van der Waals surface area (Å²) < 4.78 is 28.4. The zero-order valence-electron chi connectivity index (χ0n) is 10.8. The van der Waals surface area contributed by atoms with Gasteiger partial charge in [0, 0.05) is 18.4 Å². The van der Waals surface area contributed by atoms with Crippen LogP contribution in [0.4, 0.5) is 5.69 Å². The maximum absolute atomic E-state index is 12.1. The number of hydrogen-bond donors (Lipinski definition) is 1. The van der Waals surface area contributed by atoms with Crippen LogP contribution in [0.2, 0.25) is 0 Å². The number of nitrogens with zero attached hydrogens (tertiary/aromatic N) is 1. The number of rotatable bonds is 6. The van der Waals surface area contributed by atoms with Crippen molar-refractivity contribution in [1.29, 1.82) is 0 Å². The predicted octanol–water partition coefficient (Wildman–Crippen LogP) is 2.77. The van der Waals surface area contributed by atoms with Crippen LogP contribution in [0.5, 0.6) is 0 Å². The van der Waals surface area contributed by atoms with Gasteiger partial charge in [0.05, 0.1) is 5.69 Å². The fourth-order valence-electron chi connectivity index (χ4n) is 2.20. The Kier molecular flexibility index (Phi) is 5.24. The van der Waals surface area contributed by atoms with Crippen molar-refractivity contribution in [3.63, 3.8) is 0 Å². The number of aryl methyl sites for hydroxylation is 1. The number of alkyl halides is 1. The third kappa shape index (κ3) is 4.19. The van der Waals surface area contributed by atoms with Crippen LogP contribution in [0, 0.1) is 0 Å². The van der Waals surface area contributed by atoms with Crippen LogP contribution in [0.3, 0.4) is 0 Å². The summed E-state index contributed by atoms with van der Waals surface area (Å²) in [5, 5.41) is 0.955. The average molecular weight is 347 g/mol. The number of hydrogen-bond acceptors (Lipinski definition) is 2. The van der Waals surface area contributed by atoms with Crippen molar-refractivity contribution in [1.82, 2.24) is 4.31 Å². The number of nitrogens with one attached hydrogen (secondary N) is 1. The lowest BCUT2D eigenvalue weighted by Gasteiger charge is -2.17. The normalized spacial score (nSPS) is 16.7. The maximum Gasteiger partial charge on any atom is 0.301 e. The molecule has 1 aliphatic rings. The monoisotopic (exact) mass is 346 g/mol. The molecule has 4 nitrogen and oxygen atoms in total. The standard InChI is InChI=1S/C13H19BrN2O2S/c14-8-4-6-12-5-3-7-13(11-12)15-19(17,18)16-9-1-2-10-16/h3,5,7,11,15H,1-2,4,6,8-10H2. The second-order valence-electron chi connectivity index (χ2n) is 4.71. The van der Waals surface area contributed by atoms with Gasteiger partial charge in [-0.2, -0.15) is 12.7 Å². The summed E-state index contributed by atoms with van der Waals surface area (Å²) in [7, 11) is -3.38. The molecule has 1 aliphatic heterocycles. The summed E-state index contributed by atoms with van der Waals surface area (Å²) in [6, 6.07) is 7.63. The van der Waals surface area contributed by atoms with Gasteiger partial charge in [0.15, 0.2) is 0 Å². The van der Waals surface area contributed by atoms with Crippen LogP contribution in [0.1, 0.15) is 24.8 Å². The molecule has 19 heavy (non-hydrogen) atoms. The van der Waals surface area contributed by atoms with Crippen molar-refractivity contribution in [2.75, 3.05) is 23.1 Å². The van der Waals surface area contributed by atoms with Crippen molar-refractivity contribution in [3.8, 4) is 0 Å². The molecule has 1 N–H and O–H groups in total. The van der Waals surface area contributed by atoms with Crippen LogP contribution in [-0.4, -0.2) is 31.1 Å². The molecule has 1 heterocycles. The zero-order chi connectivity index (χ0) is 13.7. The van der Waals surface area contributed by atoms with Gasteiger partial charge in [-0.1, -0.05) is 28.1 Å². The minimum Gasteiger partial charge on any atom is -0.271 e. The van der Waals surface area contributed by atoms with Gasteiger partial charge >= 0.3 is 10.2 Å². The van der Waals surface area contributed by atoms with E-state index in [-0.39, 0.29) is 0 Å². The van der Waals surface area contributed by atoms with E-state index in [0.717, 1.165) is 36.6 Å². The Morgan fingerprint density at radius 3 is 2.68 bits per heavy atom. The molecule has 0 atom stereocenters. The molecule has 0 unspecified atom stereocenters. The predicted molar refractivity (Wildman–Crippen MR) is 81.9 cm³/mol. The topological polar surface area (TPSA) is 49.4 Å². The lowest BCUT2D eigenvalue weighted by molar-refractivity contribution is 0.482. The summed E-state index contributed by atoms with van der Waals surface area (Å²) in [5.74, 6) is 0. The fourth-order valence-corrected chi connectivity index (χ4v) is 3.78. The molecule has 0 saturated carbocycles. The molecule has 0 aromatic heterocycles. The van der Waals surface area contributed by atoms with E-state index in [9.17, 15) is 8.42 Å². The van der Waals surface area contributed by atoms with E-state index in [0.29, 0.717) is 18.8 Å². The highest BCUT2D eigenvalue weighted by Crippen LogP contribution is 2.18. The summed E-state index contributed by atoms with van der Waals surface area (Å²) >= 11 is 3.40. The van der Waals surface area contributed by atoms with E-state index in [1.54, 1.807) is 6.07 Å². The second kappa shape index (κ2) is 6.72. The first-order valence-corrected chi connectivity index (χ1v) is 9.11. The Morgan fingerprint density at radius 1 is 1.26 bits per heavy atom. The highest BCUT2D eigenvalue weighted by atomic mass is 79.9. The largest absolute Gasteiger partial charge is 0.301 e. The lowest BCUT2D eigenvalue weighted by Crippen LogP contribution is -2.33. The highest BCUT2D eigenvalue weighted by Gasteiger charge is 2.24. The SMILES string of the molecule is O=S(=O)(Nc1cccc(CCCBr)c1)N1CCCC1. The molecule has 1 aromatic carbocycles. The van der Waals surface area contributed by atoms with E-state index >= 15 is 0 Å². The molecule has 6 heteroatoms. The third-order valence-corrected chi connectivity index (χ3v) is 5.28. The first-order valence-electron chi connectivity index (χ1n) is 6.54. The molecular weight excluding hydrogens is 328 g/mol. The maximum atomic E-state index is 12.1. The van der Waals surface area contributed by atoms with Crippen molar-refractivity contribution in [2.24, 2.45) is 0 Å². The number of halogens is 1. The van der Waals surface area contributed by atoms with Gasteiger partial charge in [-0.3, -0.25) is 4.72 Å². The van der Waals surface area contributed by atoms with Gasteiger partial charge in [0.25, 0.3) is 0 Å². The smallest absolute Gasteiger partial charge is 0.271 e. The highest BCUT2D eigenvalue weighted by molar-refractivity contribution is 9.09. The van der Waals surface area contributed by atoms with Gasteiger partial charge < -0.3 is 0 Å². The molecule has 2 rings (SSSR count). The van der Waals surface area contributed by atoms with Crippen LogP contribution >= 0.6 is 15.9 Å². The fraction of sp³-hybridized carbons (Fsp3) is 0.538. The van der Waals surface area contributed by atoms with Crippen molar-refractivity contribution >= 4 is 31.8 Å². The van der Waals surface area contributed by atoms with Crippen LogP contribution in [0.15, 0.2) is 24.3 Å². The summed E-state index contributed by atoms with van der Waals surface area (Å²) in [5.41, 5.74) is 1.81. The van der Waals surface area contributed by atoms with E-state index in [2.05, 4.69) is 20.7 Å². The third-order valence-electron chi connectivity index (χ3n) is 3.18. The second-order valence-corrected chi connectivity index (χ2v) is 7.17. The van der Waals surface area contributed by atoms with Crippen molar-refractivity contribution in [2.45, 2.75) is 25.7 Å². The first kappa shape index (κ1) is 14.8. The Hall–Kier alpha value is -0.590. The molecule has 1 saturated heterocycles. The number of anilines is 1. The molecule has 0 amide bonds. The Morgan fingerprint density at radius 2 is 2.00 bits per heavy atom. The molecule has 1 aromatic rings. The summed E-state index contributed by atoms with van der Waals surface area (Å²) in [6.45, 7) is 1.25. The number of benzene rings is 1. The molecule has 0 bridgehead atoms. The van der Waals surface area contributed by atoms with Gasteiger partial charge in [0.2, 0.25) is 0 Å². The molecule has 0 radical (unpaired) electrons. The quantitative estimate of drug-likeness (QED) is 0.805. The minimum absolute atomic E-state index is 0.624. The minimum atomic E-state index is -3.38. The van der Waals surface area contributed by atoms with Gasteiger partial charge in [-0.15, -0.1) is 0 Å². The molecule has 106 valence electrons. The van der Waals surface area contributed by atoms with Crippen LogP contribution in [0.25, 0.3) is 0 Å². The van der Waals surface area contributed by atoms with Gasteiger partial charge in [0.1, 0.15) is 0 Å². The Bertz CT molecular complexity index is 513. The van der Waals surface area contributed by atoms with Crippen molar-refractivity contribution in [3.05, 3.63) is 29.8 Å². The Labute approximate surface area is 123 Å². The van der Waals surface area contributed by atoms with Crippen LogP contribution in [-0.2, 0) is 16.6 Å². The molecular formula is C13H19BrN2O2S. The average Bonchev–Trinajstić information content (AvgIpc) is 2.91. The van der Waals surface area contributed by atoms with Crippen LogP contribution < -0.4 is 4.72 Å². The van der Waals surface area contributed by atoms with E-state index in [1.807, 2.05) is 18.2 Å². The van der Waals surface area contributed by atoms with E-state index in [1.165, 1.54) is 4.31 Å². The zero-order valence-corrected chi connectivity index (χ0v) is 13.2.